The average molecular weight is 321 g/mol. The zero-order valence-corrected chi connectivity index (χ0v) is 16.0. The van der Waals surface area contributed by atoms with Gasteiger partial charge in [0.25, 0.3) is 0 Å². The predicted molar refractivity (Wildman–Crippen MR) is 98.3 cm³/mol. The highest BCUT2D eigenvalue weighted by Crippen LogP contribution is 2.58. The van der Waals surface area contributed by atoms with Gasteiger partial charge in [-0.1, -0.05) is 59.3 Å². The van der Waals surface area contributed by atoms with Crippen LogP contribution >= 0.6 is 0 Å². The van der Waals surface area contributed by atoms with Crippen LogP contribution in [-0.2, 0) is 9.53 Å². The van der Waals surface area contributed by atoms with E-state index in [1.807, 2.05) is 34.6 Å². The summed E-state index contributed by atoms with van der Waals surface area (Å²) in [6, 6.07) is 0. The molecule has 2 heteroatoms. The molecule has 0 aliphatic heterocycles. The highest BCUT2D eigenvalue weighted by atomic mass is 16.5. The maximum absolute atomic E-state index is 12.1. The maximum Gasteiger partial charge on any atom is 0.309 e. The molecule has 2 unspecified atom stereocenters. The molecule has 23 heavy (non-hydrogen) atoms. The molecular weight excluding hydrogens is 284 g/mol. The van der Waals surface area contributed by atoms with E-state index in [4.69, 9.17) is 4.74 Å². The number of rotatable bonds is 3. The second kappa shape index (κ2) is 9.30. The lowest BCUT2D eigenvalue weighted by Gasteiger charge is -2.53. The fourth-order valence-corrected chi connectivity index (χ4v) is 3.62. The summed E-state index contributed by atoms with van der Waals surface area (Å²) in [5, 5.41) is 0. The number of ether oxygens (including phenoxy) is 1. The molecule has 0 amide bonds. The van der Waals surface area contributed by atoms with Crippen LogP contribution in [0.1, 0.15) is 80.1 Å². The number of allylic oxidation sites excluding steroid dienone is 2. The van der Waals surface area contributed by atoms with Crippen molar-refractivity contribution >= 4 is 5.97 Å². The molecule has 0 heterocycles. The van der Waals surface area contributed by atoms with Crippen molar-refractivity contribution in [1.82, 2.24) is 0 Å². The summed E-state index contributed by atoms with van der Waals surface area (Å²) in [5.74, 6) is 0.810. The third-order valence-electron chi connectivity index (χ3n) is 5.21. The molecular formula is C21H36O2. The van der Waals surface area contributed by atoms with E-state index in [-0.39, 0.29) is 18.0 Å². The molecule has 0 aromatic carbocycles. The number of carbonyl (C=O) groups is 1. The number of hydrogen-bond donors (Lipinski definition) is 0. The van der Waals surface area contributed by atoms with Crippen LogP contribution in [0.3, 0.4) is 0 Å². The monoisotopic (exact) mass is 320 g/mol. The maximum atomic E-state index is 12.1. The van der Waals surface area contributed by atoms with Gasteiger partial charge in [0, 0.05) is 0 Å². The first-order chi connectivity index (χ1) is 11.1. The van der Waals surface area contributed by atoms with Crippen molar-refractivity contribution in [2.45, 2.75) is 86.2 Å². The SMILES string of the molecule is CC.CC.CC1C=CC(C(C)OC(=O)C2CC3(CCC3)C2)=CC1. The van der Waals surface area contributed by atoms with E-state index in [2.05, 4.69) is 25.2 Å². The zero-order valence-electron chi connectivity index (χ0n) is 16.0. The summed E-state index contributed by atoms with van der Waals surface area (Å²) in [7, 11) is 0. The lowest BCUT2D eigenvalue weighted by Crippen LogP contribution is -2.46. The third-order valence-corrected chi connectivity index (χ3v) is 5.21. The minimum atomic E-state index is -0.0887. The van der Waals surface area contributed by atoms with E-state index < -0.39 is 0 Å². The van der Waals surface area contributed by atoms with Gasteiger partial charge in [-0.15, -0.1) is 0 Å². The number of hydrogen-bond acceptors (Lipinski definition) is 2. The van der Waals surface area contributed by atoms with Gasteiger partial charge in [-0.2, -0.15) is 0 Å². The summed E-state index contributed by atoms with van der Waals surface area (Å²) in [6.07, 6.45) is 13.7. The highest BCUT2D eigenvalue weighted by molar-refractivity contribution is 5.74. The predicted octanol–water partition coefficient (Wildman–Crippen LogP) is 6.07. The Morgan fingerprint density at radius 1 is 1.22 bits per heavy atom. The molecule has 132 valence electrons. The molecule has 0 aromatic rings. The van der Waals surface area contributed by atoms with Gasteiger partial charge in [0.05, 0.1) is 5.92 Å². The molecule has 0 N–H and O–H groups in total. The number of esters is 1. The molecule has 2 saturated carbocycles. The topological polar surface area (TPSA) is 26.3 Å². The fraction of sp³-hybridized carbons (Fsp3) is 0.762. The summed E-state index contributed by atoms with van der Waals surface area (Å²) < 4.78 is 5.63. The Hall–Kier alpha value is -1.05. The van der Waals surface area contributed by atoms with Crippen LogP contribution < -0.4 is 0 Å². The molecule has 0 bridgehead atoms. The van der Waals surface area contributed by atoms with Crippen molar-refractivity contribution in [3.05, 3.63) is 23.8 Å². The molecule has 2 atom stereocenters. The van der Waals surface area contributed by atoms with Crippen LogP contribution in [-0.4, -0.2) is 12.1 Å². The Labute approximate surface area is 143 Å². The van der Waals surface area contributed by atoms with Gasteiger partial charge < -0.3 is 4.74 Å². The highest BCUT2D eigenvalue weighted by Gasteiger charge is 2.51. The summed E-state index contributed by atoms with van der Waals surface area (Å²) >= 11 is 0. The number of carbonyl (C=O) groups excluding carboxylic acids is 1. The van der Waals surface area contributed by atoms with Crippen LogP contribution in [0.2, 0.25) is 0 Å². The molecule has 1 spiro atoms. The molecule has 2 fully saturated rings. The lowest BCUT2D eigenvalue weighted by atomic mass is 9.52. The minimum absolute atomic E-state index is 0.0259. The Bertz CT molecular complexity index is 421. The van der Waals surface area contributed by atoms with Gasteiger partial charge in [-0.25, -0.2) is 0 Å². The van der Waals surface area contributed by atoms with Crippen LogP contribution in [0, 0.1) is 17.3 Å². The molecule has 3 aliphatic carbocycles. The van der Waals surface area contributed by atoms with Crippen molar-refractivity contribution in [2.75, 3.05) is 0 Å². The second-order valence-corrected chi connectivity index (χ2v) is 6.81. The van der Waals surface area contributed by atoms with E-state index in [1.54, 1.807) is 0 Å². The zero-order chi connectivity index (χ0) is 17.5. The summed E-state index contributed by atoms with van der Waals surface area (Å²) in [4.78, 5) is 12.1. The first kappa shape index (κ1) is 20.0. The Morgan fingerprint density at radius 2 is 1.83 bits per heavy atom. The van der Waals surface area contributed by atoms with E-state index in [0.29, 0.717) is 11.3 Å². The lowest BCUT2D eigenvalue weighted by molar-refractivity contribution is -0.164. The third kappa shape index (κ3) is 4.96. The Morgan fingerprint density at radius 3 is 2.26 bits per heavy atom. The molecule has 3 aliphatic rings. The van der Waals surface area contributed by atoms with Gasteiger partial charge in [-0.05, 0) is 55.9 Å². The first-order valence-electron chi connectivity index (χ1n) is 9.67. The normalized spacial score (nSPS) is 25.5. The van der Waals surface area contributed by atoms with E-state index >= 15 is 0 Å². The van der Waals surface area contributed by atoms with Crippen LogP contribution in [0.25, 0.3) is 0 Å². The molecule has 0 radical (unpaired) electrons. The van der Waals surface area contributed by atoms with Crippen LogP contribution in [0.5, 0.6) is 0 Å². The smallest absolute Gasteiger partial charge is 0.309 e. The Balaban J connectivity index is 0.000000615. The van der Waals surface area contributed by atoms with E-state index in [1.165, 1.54) is 19.3 Å². The Kier molecular flexibility index (Phi) is 8.08. The van der Waals surface area contributed by atoms with Gasteiger partial charge >= 0.3 is 5.97 Å². The molecule has 2 nitrogen and oxygen atoms in total. The molecule has 0 saturated heterocycles. The largest absolute Gasteiger partial charge is 0.458 e. The van der Waals surface area contributed by atoms with Crippen molar-refractivity contribution < 1.29 is 9.53 Å². The van der Waals surface area contributed by atoms with Crippen molar-refractivity contribution in [2.24, 2.45) is 17.3 Å². The van der Waals surface area contributed by atoms with Gasteiger partial charge in [0.1, 0.15) is 6.10 Å². The van der Waals surface area contributed by atoms with E-state index in [9.17, 15) is 4.79 Å². The van der Waals surface area contributed by atoms with Crippen LogP contribution in [0.4, 0.5) is 0 Å². The quantitative estimate of drug-likeness (QED) is 0.590. The molecule has 3 rings (SSSR count). The first-order valence-corrected chi connectivity index (χ1v) is 9.67. The van der Waals surface area contributed by atoms with Crippen molar-refractivity contribution in [3.8, 4) is 0 Å². The standard InChI is InChI=1S/C17H24O2.2C2H6/c1-12-4-6-14(7-5-12)13(2)19-16(18)15-10-17(11-15)8-3-9-17;2*1-2/h4,6-7,12-13,15H,3,5,8-11H2,1-2H3;2*1-2H3. The minimum Gasteiger partial charge on any atom is -0.458 e. The fourth-order valence-electron chi connectivity index (χ4n) is 3.62. The van der Waals surface area contributed by atoms with Crippen molar-refractivity contribution in [1.29, 1.82) is 0 Å². The van der Waals surface area contributed by atoms with Crippen molar-refractivity contribution in [3.63, 3.8) is 0 Å². The second-order valence-electron chi connectivity index (χ2n) is 6.81. The summed E-state index contributed by atoms with van der Waals surface area (Å²) in [6.45, 7) is 12.2. The van der Waals surface area contributed by atoms with Gasteiger partial charge in [0.2, 0.25) is 0 Å². The average Bonchev–Trinajstić information content (AvgIpc) is 2.49. The summed E-state index contributed by atoms with van der Waals surface area (Å²) in [5.41, 5.74) is 1.70. The van der Waals surface area contributed by atoms with Crippen LogP contribution in [0.15, 0.2) is 23.8 Å². The molecule has 0 aromatic heterocycles. The van der Waals surface area contributed by atoms with E-state index in [0.717, 1.165) is 24.8 Å². The van der Waals surface area contributed by atoms with Gasteiger partial charge in [0.15, 0.2) is 0 Å². The van der Waals surface area contributed by atoms with Gasteiger partial charge in [-0.3, -0.25) is 4.79 Å².